The lowest BCUT2D eigenvalue weighted by atomic mass is 10.2. The van der Waals surface area contributed by atoms with Crippen LogP contribution in [0.3, 0.4) is 0 Å². The highest BCUT2D eigenvalue weighted by Gasteiger charge is 2.28. The number of ether oxygens (including phenoxy) is 1. The summed E-state index contributed by atoms with van der Waals surface area (Å²) >= 11 is 0. The summed E-state index contributed by atoms with van der Waals surface area (Å²) in [6.07, 6.45) is 4.98. The lowest BCUT2D eigenvalue weighted by molar-refractivity contribution is 0.0594. The first-order valence-corrected chi connectivity index (χ1v) is 8.08. The van der Waals surface area contributed by atoms with Crippen LogP contribution in [0.15, 0.2) is 42.9 Å². The van der Waals surface area contributed by atoms with Gasteiger partial charge in [0.05, 0.1) is 25.9 Å². The molecule has 7 nitrogen and oxygen atoms in total. The molecule has 0 amide bonds. The molecular formula is C18H16FN5O2. The molecule has 1 aromatic carbocycles. The quantitative estimate of drug-likeness (QED) is 0.670. The number of hydrogen-bond donors (Lipinski definition) is 0. The number of rotatable bonds is 4. The van der Waals surface area contributed by atoms with Gasteiger partial charge in [0.15, 0.2) is 11.5 Å². The van der Waals surface area contributed by atoms with Crippen LogP contribution < -0.4 is 4.90 Å². The van der Waals surface area contributed by atoms with E-state index in [0.717, 1.165) is 16.8 Å². The van der Waals surface area contributed by atoms with Gasteiger partial charge in [-0.25, -0.2) is 19.2 Å². The van der Waals surface area contributed by atoms with Crippen molar-refractivity contribution in [3.63, 3.8) is 0 Å². The average Bonchev–Trinajstić information content (AvgIpc) is 3.21. The van der Waals surface area contributed by atoms with Gasteiger partial charge in [0.1, 0.15) is 5.82 Å². The van der Waals surface area contributed by atoms with Crippen LogP contribution >= 0.6 is 0 Å². The van der Waals surface area contributed by atoms with Crippen molar-refractivity contribution in [1.29, 1.82) is 0 Å². The van der Waals surface area contributed by atoms with Crippen molar-refractivity contribution in [3.8, 4) is 0 Å². The second-order valence-corrected chi connectivity index (χ2v) is 6.00. The topological polar surface area (TPSA) is 73.1 Å². The van der Waals surface area contributed by atoms with Crippen LogP contribution in [0, 0.1) is 5.82 Å². The van der Waals surface area contributed by atoms with Gasteiger partial charge in [0.2, 0.25) is 0 Å². The van der Waals surface area contributed by atoms with Crippen LogP contribution in [0.1, 0.15) is 27.3 Å². The van der Waals surface area contributed by atoms with Gasteiger partial charge < -0.3 is 9.64 Å². The minimum atomic E-state index is -0.515. The number of carbonyl (C=O) groups is 1. The minimum absolute atomic E-state index is 0.194. The number of benzene rings is 1. The summed E-state index contributed by atoms with van der Waals surface area (Å²) in [5, 5.41) is 4.60. The SMILES string of the molecule is COC(=O)c1nccnc1N1Cc2cn(Cc3ccc(F)cc3)nc2C1. The number of aromatic nitrogens is 4. The molecule has 132 valence electrons. The number of methoxy groups -OCH3 is 1. The zero-order chi connectivity index (χ0) is 18.1. The Labute approximate surface area is 149 Å². The maximum Gasteiger partial charge on any atom is 0.360 e. The highest BCUT2D eigenvalue weighted by atomic mass is 19.1. The molecule has 4 rings (SSSR count). The molecule has 2 aromatic heterocycles. The van der Waals surface area contributed by atoms with Crippen molar-refractivity contribution >= 4 is 11.8 Å². The lowest BCUT2D eigenvalue weighted by Crippen LogP contribution is -2.22. The van der Waals surface area contributed by atoms with Gasteiger partial charge in [-0.05, 0) is 17.7 Å². The smallest absolute Gasteiger partial charge is 0.360 e. The fourth-order valence-corrected chi connectivity index (χ4v) is 3.02. The van der Waals surface area contributed by atoms with E-state index in [1.165, 1.54) is 25.4 Å². The molecule has 0 fully saturated rings. The maximum absolute atomic E-state index is 13.0. The average molecular weight is 353 g/mol. The van der Waals surface area contributed by atoms with E-state index in [1.54, 1.807) is 18.3 Å². The maximum atomic E-state index is 13.0. The first-order valence-electron chi connectivity index (χ1n) is 8.08. The molecule has 0 saturated carbocycles. The van der Waals surface area contributed by atoms with E-state index >= 15 is 0 Å². The fraction of sp³-hybridized carbons (Fsp3) is 0.222. The van der Waals surface area contributed by atoms with Crippen LogP contribution in [-0.2, 0) is 24.4 Å². The normalized spacial score (nSPS) is 12.9. The van der Waals surface area contributed by atoms with Crippen molar-refractivity contribution in [1.82, 2.24) is 19.7 Å². The zero-order valence-electron chi connectivity index (χ0n) is 14.1. The van der Waals surface area contributed by atoms with Crippen LogP contribution in [0.5, 0.6) is 0 Å². The number of fused-ring (bicyclic) bond motifs is 1. The third-order valence-electron chi connectivity index (χ3n) is 4.24. The van der Waals surface area contributed by atoms with E-state index in [4.69, 9.17) is 4.74 Å². The van der Waals surface area contributed by atoms with E-state index in [9.17, 15) is 9.18 Å². The van der Waals surface area contributed by atoms with Crippen molar-refractivity contribution in [2.24, 2.45) is 0 Å². The molecular weight excluding hydrogens is 337 g/mol. The van der Waals surface area contributed by atoms with Gasteiger partial charge >= 0.3 is 5.97 Å². The second-order valence-electron chi connectivity index (χ2n) is 6.00. The van der Waals surface area contributed by atoms with E-state index in [-0.39, 0.29) is 11.5 Å². The van der Waals surface area contributed by atoms with Crippen LogP contribution in [-0.4, -0.2) is 32.8 Å². The van der Waals surface area contributed by atoms with E-state index < -0.39 is 5.97 Å². The number of nitrogens with zero attached hydrogens (tertiary/aromatic N) is 5. The predicted octanol–water partition coefficient (Wildman–Crippen LogP) is 2.17. The molecule has 0 bridgehead atoms. The first kappa shape index (κ1) is 16.2. The minimum Gasteiger partial charge on any atom is -0.464 e. The Balaban J connectivity index is 1.52. The molecule has 3 aromatic rings. The predicted molar refractivity (Wildman–Crippen MR) is 91.0 cm³/mol. The van der Waals surface area contributed by atoms with Gasteiger partial charge in [0.25, 0.3) is 0 Å². The Hall–Kier alpha value is -3.29. The molecule has 26 heavy (non-hydrogen) atoms. The summed E-state index contributed by atoms with van der Waals surface area (Å²) in [6, 6.07) is 6.38. The fourth-order valence-electron chi connectivity index (χ4n) is 3.02. The number of carbonyl (C=O) groups excluding carboxylic acids is 1. The molecule has 0 N–H and O–H groups in total. The molecule has 1 aliphatic rings. The Morgan fingerprint density at radius 2 is 1.96 bits per heavy atom. The van der Waals surface area contributed by atoms with E-state index in [2.05, 4.69) is 15.1 Å². The van der Waals surface area contributed by atoms with Gasteiger partial charge in [-0.1, -0.05) is 12.1 Å². The second kappa shape index (κ2) is 6.55. The molecule has 0 saturated heterocycles. The largest absolute Gasteiger partial charge is 0.464 e. The molecule has 0 aliphatic carbocycles. The van der Waals surface area contributed by atoms with Crippen molar-refractivity contribution in [2.75, 3.05) is 12.0 Å². The molecule has 0 spiro atoms. The summed E-state index contributed by atoms with van der Waals surface area (Å²) in [5.74, 6) is -0.279. The van der Waals surface area contributed by atoms with Crippen LogP contribution in [0.2, 0.25) is 0 Å². The summed E-state index contributed by atoms with van der Waals surface area (Å²) < 4.78 is 19.6. The highest BCUT2D eigenvalue weighted by molar-refractivity contribution is 5.92. The molecule has 1 aliphatic heterocycles. The van der Waals surface area contributed by atoms with Crippen LogP contribution in [0.25, 0.3) is 0 Å². The number of hydrogen-bond acceptors (Lipinski definition) is 6. The van der Waals surface area contributed by atoms with E-state index in [1.807, 2.05) is 15.8 Å². The van der Waals surface area contributed by atoms with Gasteiger partial charge in [-0.3, -0.25) is 4.68 Å². The third-order valence-corrected chi connectivity index (χ3v) is 4.24. The van der Waals surface area contributed by atoms with Crippen molar-refractivity contribution in [2.45, 2.75) is 19.6 Å². The van der Waals surface area contributed by atoms with Gasteiger partial charge in [-0.15, -0.1) is 0 Å². The summed E-state index contributed by atoms with van der Waals surface area (Å²) in [7, 11) is 1.32. The zero-order valence-corrected chi connectivity index (χ0v) is 14.1. The lowest BCUT2D eigenvalue weighted by Gasteiger charge is -2.18. The Kier molecular flexibility index (Phi) is 4.08. The standard InChI is InChI=1S/C18H16FN5O2/c1-26-18(25)16-17(21-7-6-20-16)23-9-13-10-24(22-15(13)11-23)8-12-2-4-14(19)5-3-12/h2-7,10H,8-9,11H2,1H3. The van der Waals surface area contributed by atoms with Gasteiger partial charge in [-0.2, -0.15) is 5.10 Å². The molecule has 0 unspecified atom stereocenters. The summed E-state index contributed by atoms with van der Waals surface area (Å²) in [6.45, 7) is 1.70. The Morgan fingerprint density at radius 1 is 1.19 bits per heavy atom. The summed E-state index contributed by atoms with van der Waals surface area (Å²) in [4.78, 5) is 22.2. The van der Waals surface area contributed by atoms with E-state index in [0.29, 0.717) is 25.5 Å². The Morgan fingerprint density at radius 3 is 2.69 bits per heavy atom. The molecule has 3 heterocycles. The van der Waals surface area contributed by atoms with Gasteiger partial charge in [0, 0.05) is 30.7 Å². The number of anilines is 1. The van der Waals surface area contributed by atoms with Crippen molar-refractivity contribution in [3.05, 3.63) is 71.2 Å². The molecule has 0 atom stereocenters. The summed E-state index contributed by atoms with van der Waals surface area (Å²) in [5.41, 5.74) is 3.16. The monoisotopic (exact) mass is 353 g/mol. The van der Waals surface area contributed by atoms with Crippen molar-refractivity contribution < 1.29 is 13.9 Å². The first-order chi connectivity index (χ1) is 12.6. The number of esters is 1. The molecule has 8 heteroatoms. The molecule has 0 radical (unpaired) electrons. The highest BCUT2D eigenvalue weighted by Crippen LogP contribution is 2.28. The van der Waals surface area contributed by atoms with Crippen LogP contribution in [0.4, 0.5) is 10.2 Å². The number of halogens is 1. The Bertz CT molecular complexity index is 931. The third kappa shape index (κ3) is 3.01.